The Kier molecular flexibility index (Phi) is 4.34. The van der Waals surface area contributed by atoms with Crippen molar-refractivity contribution >= 4 is 29.5 Å². The van der Waals surface area contributed by atoms with E-state index in [1.165, 1.54) is 16.7 Å². The lowest BCUT2D eigenvalue weighted by atomic mass is 10.1. The van der Waals surface area contributed by atoms with E-state index in [0.29, 0.717) is 18.6 Å². The van der Waals surface area contributed by atoms with E-state index in [2.05, 4.69) is 5.32 Å². The van der Waals surface area contributed by atoms with Gasteiger partial charge in [-0.25, -0.2) is 4.79 Å². The minimum absolute atomic E-state index is 0.0869. The number of aliphatic carboxylic acids is 1. The van der Waals surface area contributed by atoms with Crippen LogP contribution in [0, 0.1) is 0 Å². The number of nitrogens with one attached hydrogen (secondary N) is 1. The predicted octanol–water partition coefficient (Wildman–Crippen LogP) is 0.420. The molecule has 0 spiro atoms. The van der Waals surface area contributed by atoms with Crippen molar-refractivity contribution in [1.82, 2.24) is 10.2 Å². The number of nitrogens with zero attached hydrogens (tertiary/aromatic N) is 1. The van der Waals surface area contributed by atoms with Gasteiger partial charge in [-0.1, -0.05) is 13.3 Å². The highest BCUT2D eigenvalue weighted by Gasteiger charge is 2.44. The summed E-state index contributed by atoms with van der Waals surface area (Å²) in [5, 5.41) is 11.8. The number of hydrogen-bond donors (Lipinski definition) is 2. The molecular formula is C12H18N2O4S. The number of rotatable bonds is 4. The number of amides is 2. The molecule has 0 radical (unpaired) electrons. The first-order valence-electron chi connectivity index (χ1n) is 6.50. The summed E-state index contributed by atoms with van der Waals surface area (Å²) in [5.74, 6) is -0.929. The molecule has 2 aliphatic rings. The molecular weight excluding hydrogens is 268 g/mol. The number of thioether (sulfide) groups is 1. The van der Waals surface area contributed by atoms with Crippen molar-refractivity contribution in [3.05, 3.63) is 0 Å². The molecule has 2 amide bonds. The molecule has 2 aliphatic heterocycles. The Labute approximate surface area is 115 Å². The van der Waals surface area contributed by atoms with Crippen molar-refractivity contribution < 1.29 is 19.5 Å². The third kappa shape index (κ3) is 2.86. The van der Waals surface area contributed by atoms with E-state index in [-0.39, 0.29) is 17.2 Å². The summed E-state index contributed by atoms with van der Waals surface area (Å²) in [4.78, 5) is 36.3. The molecule has 0 saturated carbocycles. The number of hydrogen-bond acceptors (Lipinski definition) is 4. The molecule has 3 atom stereocenters. The predicted molar refractivity (Wildman–Crippen MR) is 70.6 cm³/mol. The molecule has 2 fully saturated rings. The van der Waals surface area contributed by atoms with E-state index in [1.54, 1.807) is 0 Å². The molecule has 2 rings (SSSR count). The van der Waals surface area contributed by atoms with Gasteiger partial charge >= 0.3 is 5.97 Å². The van der Waals surface area contributed by atoms with Crippen molar-refractivity contribution in [2.24, 2.45) is 0 Å². The van der Waals surface area contributed by atoms with Gasteiger partial charge in [-0.3, -0.25) is 9.59 Å². The third-order valence-corrected chi connectivity index (χ3v) is 4.82. The number of carbonyl (C=O) groups excluding carboxylic acids is 2. The lowest BCUT2D eigenvalue weighted by molar-refractivity contribution is -0.150. The van der Waals surface area contributed by atoms with Crippen LogP contribution in [0.3, 0.4) is 0 Å². The number of carboxylic acid groups (broad SMARTS) is 1. The molecule has 0 aromatic carbocycles. The molecule has 0 aliphatic carbocycles. The zero-order chi connectivity index (χ0) is 14.0. The van der Waals surface area contributed by atoms with Crippen LogP contribution in [0.2, 0.25) is 0 Å². The fourth-order valence-corrected chi connectivity index (χ4v) is 4.02. The van der Waals surface area contributed by atoms with Crippen LogP contribution in [-0.2, 0) is 14.4 Å². The highest BCUT2D eigenvalue weighted by atomic mass is 32.2. The van der Waals surface area contributed by atoms with Crippen LogP contribution in [-0.4, -0.2) is 51.0 Å². The molecule has 2 N–H and O–H groups in total. The summed E-state index contributed by atoms with van der Waals surface area (Å²) >= 11 is 1.51. The molecule has 0 aromatic heterocycles. The second-order valence-corrected chi connectivity index (χ2v) is 6.05. The van der Waals surface area contributed by atoms with Crippen molar-refractivity contribution in [3.8, 4) is 0 Å². The maximum atomic E-state index is 12.4. The molecule has 7 heteroatoms. The molecule has 19 heavy (non-hydrogen) atoms. The highest BCUT2D eigenvalue weighted by Crippen LogP contribution is 2.33. The third-order valence-electron chi connectivity index (χ3n) is 3.46. The molecule has 2 heterocycles. The number of carbonyl (C=O) groups is 3. The fourth-order valence-electron chi connectivity index (χ4n) is 2.50. The summed E-state index contributed by atoms with van der Waals surface area (Å²) in [6.45, 7) is 2.01. The second-order valence-electron chi connectivity index (χ2n) is 4.83. The lowest BCUT2D eigenvalue weighted by Crippen LogP contribution is -2.52. The fraction of sp³-hybridized carbons (Fsp3) is 0.750. The average Bonchev–Trinajstić information content (AvgIpc) is 2.95. The van der Waals surface area contributed by atoms with Crippen LogP contribution >= 0.6 is 11.8 Å². The van der Waals surface area contributed by atoms with E-state index in [0.717, 1.165) is 12.8 Å². The van der Waals surface area contributed by atoms with Crippen LogP contribution in [0.25, 0.3) is 0 Å². The Morgan fingerprint density at radius 1 is 1.53 bits per heavy atom. The topological polar surface area (TPSA) is 86.7 Å². The van der Waals surface area contributed by atoms with E-state index in [1.807, 2.05) is 6.92 Å². The summed E-state index contributed by atoms with van der Waals surface area (Å²) in [6.07, 6.45) is 2.48. The zero-order valence-electron chi connectivity index (χ0n) is 10.8. The van der Waals surface area contributed by atoms with Gasteiger partial charge in [0.05, 0.1) is 5.37 Å². The molecule has 2 saturated heterocycles. The largest absolute Gasteiger partial charge is 0.480 e. The molecule has 2 unspecified atom stereocenters. The van der Waals surface area contributed by atoms with E-state index in [4.69, 9.17) is 0 Å². The maximum absolute atomic E-state index is 12.4. The van der Waals surface area contributed by atoms with Gasteiger partial charge in [0.1, 0.15) is 12.1 Å². The van der Waals surface area contributed by atoms with Gasteiger partial charge in [0.2, 0.25) is 11.8 Å². The van der Waals surface area contributed by atoms with E-state index < -0.39 is 18.1 Å². The average molecular weight is 286 g/mol. The van der Waals surface area contributed by atoms with Crippen molar-refractivity contribution in [1.29, 1.82) is 0 Å². The molecule has 106 valence electrons. The number of carboxylic acids is 1. The monoisotopic (exact) mass is 286 g/mol. The Morgan fingerprint density at radius 3 is 2.79 bits per heavy atom. The van der Waals surface area contributed by atoms with Crippen LogP contribution in [0.1, 0.15) is 32.6 Å². The smallest absolute Gasteiger partial charge is 0.327 e. The van der Waals surface area contributed by atoms with Gasteiger partial charge < -0.3 is 15.3 Å². The first-order chi connectivity index (χ1) is 9.04. The minimum Gasteiger partial charge on any atom is -0.480 e. The van der Waals surface area contributed by atoms with Gasteiger partial charge in [-0.15, -0.1) is 11.8 Å². The van der Waals surface area contributed by atoms with Gasteiger partial charge in [0, 0.05) is 12.2 Å². The normalized spacial score (nSPS) is 30.5. The summed E-state index contributed by atoms with van der Waals surface area (Å²) in [5.41, 5.74) is 0. The van der Waals surface area contributed by atoms with Crippen molar-refractivity contribution in [2.75, 3.05) is 5.75 Å². The molecule has 6 nitrogen and oxygen atoms in total. The second kappa shape index (κ2) is 5.81. The van der Waals surface area contributed by atoms with Crippen LogP contribution in [0.4, 0.5) is 0 Å². The van der Waals surface area contributed by atoms with Crippen LogP contribution < -0.4 is 5.32 Å². The van der Waals surface area contributed by atoms with Crippen molar-refractivity contribution in [2.45, 2.75) is 50.1 Å². The van der Waals surface area contributed by atoms with Gasteiger partial charge in [0.15, 0.2) is 0 Å². The lowest BCUT2D eigenvalue weighted by Gasteiger charge is -2.29. The summed E-state index contributed by atoms with van der Waals surface area (Å²) in [6, 6.07) is -1.32. The van der Waals surface area contributed by atoms with Gasteiger partial charge in [0.25, 0.3) is 0 Å². The van der Waals surface area contributed by atoms with Crippen molar-refractivity contribution in [3.63, 3.8) is 0 Å². The maximum Gasteiger partial charge on any atom is 0.327 e. The molecule has 0 bridgehead atoms. The summed E-state index contributed by atoms with van der Waals surface area (Å²) < 4.78 is 0. The van der Waals surface area contributed by atoms with E-state index >= 15 is 0 Å². The van der Waals surface area contributed by atoms with Gasteiger partial charge in [-0.2, -0.15) is 0 Å². The van der Waals surface area contributed by atoms with Gasteiger partial charge in [-0.05, 0) is 12.8 Å². The van der Waals surface area contributed by atoms with E-state index in [9.17, 15) is 19.5 Å². The van der Waals surface area contributed by atoms with Crippen LogP contribution in [0.15, 0.2) is 0 Å². The Balaban J connectivity index is 2.13. The standard InChI is InChI=1S/C12H18N2O4S/c1-2-3-10-14(8(6-19-10)12(17)18)11(16)7-4-5-9(15)13-7/h7-8,10H,2-6H2,1H3,(H,13,15)(H,17,18)/t7-,8?,10?/m1/s1. The SMILES string of the molecule is CCCC1SCC(C(=O)O)N1C(=O)[C@H]1CCC(=O)N1. The minimum atomic E-state index is -0.969. The summed E-state index contributed by atoms with van der Waals surface area (Å²) in [7, 11) is 0. The Hall–Kier alpha value is -1.24. The first-order valence-corrected chi connectivity index (χ1v) is 7.55. The Bertz CT molecular complexity index is 401. The Morgan fingerprint density at radius 2 is 2.26 bits per heavy atom. The van der Waals surface area contributed by atoms with Crippen LogP contribution in [0.5, 0.6) is 0 Å². The first kappa shape index (κ1) is 14.2. The highest BCUT2D eigenvalue weighted by molar-refractivity contribution is 8.00. The quantitative estimate of drug-likeness (QED) is 0.782. The zero-order valence-corrected chi connectivity index (χ0v) is 11.6. The molecule has 0 aromatic rings.